The van der Waals surface area contributed by atoms with Gasteiger partial charge in [-0.05, 0) is 12.8 Å². The number of rotatable bonds is 2. The number of hydrogen-bond acceptors (Lipinski definition) is 2. The van der Waals surface area contributed by atoms with Crippen LogP contribution < -0.4 is 0 Å². The number of sulfone groups is 1. The van der Waals surface area contributed by atoms with Gasteiger partial charge in [0.05, 0.1) is 5.75 Å². The fourth-order valence-corrected chi connectivity index (χ4v) is 3.27. The van der Waals surface area contributed by atoms with Crippen LogP contribution in [0.5, 0.6) is 0 Å². The van der Waals surface area contributed by atoms with Crippen LogP contribution in [-0.2, 0) is 9.84 Å². The Morgan fingerprint density at radius 1 is 1.45 bits per heavy atom. The zero-order chi connectivity index (χ0) is 8.32. The second kappa shape index (κ2) is 3.54. The van der Waals surface area contributed by atoms with E-state index in [2.05, 4.69) is 5.32 Å². The van der Waals surface area contributed by atoms with Crippen LogP contribution in [0.3, 0.4) is 0 Å². The van der Waals surface area contributed by atoms with E-state index in [0.717, 1.165) is 19.3 Å². The summed E-state index contributed by atoms with van der Waals surface area (Å²) in [6.45, 7) is 0.488. The standard InChI is InChI=1S/C7H14NO2S/c1-8-6-7-4-2-3-5-11(7,9)10/h7H,2-6H2,1H3/q-1. The molecule has 1 unspecified atom stereocenters. The zero-order valence-corrected chi connectivity index (χ0v) is 7.60. The van der Waals surface area contributed by atoms with E-state index in [-0.39, 0.29) is 5.25 Å². The molecule has 4 heteroatoms. The minimum Gasteiger partial charge on any atom is -0.664 e. The van der Waals surface area contributed by atoms with Crippen molar-refractivity contribution in [1.29, 1.82) is 0 Å². The van der Waals surface area contributed by atoms with Gasteiger partial charge in [0.25, 0.3) is 0 Å². The summed E-state index contributed by atoms with van der Waals surface area (Å²) < 4.78 is 22.6. The molecule has 1 rings (SSSR count). The largest absolute Gasteiger partial charge is 0.664 e. The fraction of sp³-hybridized carbons (Fsp3) is 1.00. The van der Waals surface area contributed by atoms with Crippen LogP contribution in [0.15, 0.2) is 0 Å². The lowest BCUT2D eigenvalue weighted by Gasteiger charge is -2.26. The van der Waals surface area contributed by atoms with Gasteiger partial charge in [-0.15, -0.1) is 6.54 Å². The molecule has 0 bridgehead atoms. The highest BCUT2D eigenvalue weighted by molar-refractivity contribution is 7.92. The first kappa shape index (κ1) is 9.00. The van der Waals surface area contributed by atoms with Crippen LogP contribution in [-0.4, -0.2) is 33.0 Å². The van der Waals surface area contributed by atoms with Gasteiger partial charge in [0.2, 0.25) is 0 Å². The molecule has 0 amide bonds. The van der Waals surface area contributed by atoms with E-state index in [1.54, 1.807) is 7.05 Å². The Kier molecular flexibility index (Phi) is 2.90. The van der Waals surface area contributed by atoms with Crippen molar-refractivity contribution in [3.63, 3.8) is 0 Å². The van der Waals surface area contributed by atoms with Crippen LogP contribution >= 0.6 is 0 Å². The van der Waals surface area contributed by atoms with Crippen LogP contribution in [0, 0.1) is 0 Å². The molecular formula is C7H14NO2S-. The van der Waals surface area contributed by atoms with Crippen molar-refractivity contribution in [2.75, 3.05) is 19.3 Å². The van der Waals surface area contributed by atoms with Gasteiger partial charge in [-0.3, -0.25) is 0 Å². The number of hydrogen-bond donors (Lipinski definition) is 0. The molecule has 0 aromatic heterocycles. The molecule has 1 fully saturated rings. The van der Waals surface area contributed by atoms with Crippen LogP contribution in [0.4, 0.5) is 0 Å². The zero-order valence-electron chi connectivity index (χ0n) is 6.78. The summed E-state index contributed by atoms with van der Waals surface area (Å²) in [5.41, 5.74) is 0. The summed E-state index contributed by atoms with van der Waals surface area (Å²) in [5, 5.41) is 3.70. The lowest BCUT2D eigenvalue weighted by atomic mass is 10.2. The Hall–Kier alpha value is -0.0900. The molecular weight excluding hydrogens is 162 g/mol. The van der Waals surface area contributed by atoms with Gasteiger partial charge in [-0.1, -0.05) is 6.42 Å². The summed E-state index contributed by atoms with van der Waals surface area (Å²) in [6.07, 6.45) is 2.68. The molecule has 1 atom stereocenters. The first-order valence-corrected chi connectivity index (χ1v) is 5.65. The lowest BCUT2D eigenvalue weighted by molar-refractivity contribution is 0.546. The molecule has 0 aromatic rings. The Morgan fingerprint density at radius 3 is 2.73 bits per heavy atom. The monoisotopic (exact) mass is 176 g/mol. The molecule has 0 N–H and O–H groups in total. The second-order valence-electron chi connectivity index (χ2n) is 2.98. The molecule has 0 radical (unpaired) electrons. The Balaban J connectivity index is 2.60. The molecule has 1 aliphatic rings. The summed E-state index contributed by atoms with van der Waals surface area (Å²) >= 11 is 0. The topological polar surface area (TPSA) is 48.2 Å². The molecule has 1 heterocycles. The third-order valence-corrected chi connectivity index (χ3v) is 4.36. The molecule has 1 aliphatic heterocycles. The molecule has 0 saturated carbocycles. The van der Waals surface area contributed by atoms with Crippen molar-refractivity contribution in [3.8, 4) is 0 Å². The number of nitrogens with zero attached hydrogens (tertiary/aromatic N) is 1. The lowest BCUT2D eigenvalue weighted by Crippen LogP contribution is -2.30. The van der Waals surface area contributed by atoms with Crippen molar-refractivity contribution in [3.05, 3.63) is 5.32 Å². The second-order valence-corrected chi connectivity index (χ2v) is 5.38. The van der Waals surface area contributed by atoms with Gasteiger partial charge in [0.1, 0.15) is 0 Å². The SMILES string of the molecule is C[N-]CC1CCCCS1(=O)=O. The van der Waals surface area contributed by atoms with Crippen molar-refractivity contribution < 1.29 is 8.42 Å². The first-order chi connectivity index (χ1) is 5.17. The molecule has 66 valence electrons. The molecule has 1 saturated heterocycles. The quantitative estimate of drug-likeness (QED) is 0.629. The van der Waals surface area contributed by atoms with Gasteiger partial charge in [-0.2, -0.15) is 7.05 Å². The Morgan fingerprint density at radius 2 is 2.18 bits per heavy atom. The third kappa shape index (κ3) is 2.17. The average Bonchev–Trinajstić information content (AvgIpc) is 1.94. The highest BCUT2D eigenvalue weighted by Crippen LogP contribution is 2.20. The molecule has 0 aliphatic carbocycles. The van der Waals surface area contributed by atoms with E-state index in [0.29, 0.717) is 12.3 Å². The minimum absolute atomic E-state index is 0.179. The normalized spacial score (nSPS) is 30.1. The van der Waals surface area contributed by atoms with E-state index < -0.39 is 9.84 Å². The maximum atomic E-state index is 11.3. The van der Waals surface area contributed by atoms with E-state index >= 15 is 0 Å². The third-order valence-electron chi connectivity index (χ3n) is 2.10. The van der Waals surface area contributed by atoms with Crippen molar-refractivity contribution >= 4 is 9.84 Å². The maximum absolute atomic E-state index is 11.3. The van der Waals surface area contributed by atoms with E-state index in [1.807, 2.05) is 0 Å². The van der Waals surface area contributed by atoms with Crippen molar-refractivity contribution in [1.82, 2.24) is 0 Å². The first-order valence-electron chi connectivity index (χ1n) is 3.94. The van der Waals surface area contributed by atoms with Gasteiger partial charge >= 0.3 is 0 Å². The summed E-state index contributed by atoms with van der Waals surface area (Å²) in [6, 6.07) is 0. The Bertz CT molecular complexity index is 208. The Labute approximate surface area is 68.1 Å². The summed E-state index contributed by atoms with van der Waals surface area (Å²) in [4.78, 5) is 0. The molecule has 0 aromatic carbocycles. The van der Waals surface area contributed by atoms with E-state index in [4.69, 9.17) is 0 Å². The average molecular weight is 176 g/mol. The van der Waals surface area contributed by atoms with E-state index in [9.17, 15) is 8.42 Å². The fourth-order valence-electron chi connectivity index (χ4n) is 1.43. The smallest absolute Gasteiger partial charge is 0.151 e. The van der Waals surface area contributed by atoms with Crippen LogP contribution in [0.25, 0.3) is 5.32 Å². The minimum atomic E-state index is -2.78. The predicted molar refractivity (Wildman–Crippen MR) is 45.6 cm³/mol. The molecule has 3 nitrogen and oxygen atoms in total. The predicted octanol–water partition coefficient (Wildman–Crippen LogP) is 0.957. The van der Waals surface area contributed by atoms with Crippen LogP contribution in [0.1, 0.15) is 19.3 Å². The highest BCUT2D eigenvalue weighted by Gasteiger charge is 2.25. The van der Waals surface area contributed by atoms with Gasteiger partial charge in [0, 0.05) is 5.25 Å². The van der Waals surface area contributed by atoms with Gasteiger partial charge in [-0.25, -0.2) is 8.42 Å². The van der Waals surface area contributed by atoms with Gasteiger partial charge < -0.3 is 5.32 Å². The van der Waals surface area contributed by atoms with Gasteiger partial charge in [0.15, 0.2) is 9.84 Å². The summed E-state index contributed by atoms with van der Waals surface area (Å²) in [7, 11) is -1.11. The van der Waals surface area contributed by atoms with E-state index in [1.165, 1.54) is 0 Å². The van der Waals surface area contributed by atoms with Crippen molar-refractivity contribution in [2.45, 2.75) is 24.5 Å². The maximum Gasteiger partial charge on any atom is 0.151 e. The highest BCUT2D eigenvalue weighted by atomic mass is 32.2. The van der Waals surface area contributed by atoms with Crippen LogP contribution in [0.2, 0.25) is 0 Å². The van der Waals surface area contributed by atoms with Crippen molar-refractivity contribution in [2.24, 2.45) is 0 Å². The summed E-state index contributed by atoms with van der Waals surface area (Å²) in [5.74, 6) is 0.368. The molecule has 0 spiro atoms. The molecule has 11 heavy (non-hydrogen) atoms.